The minimum atomic E-state index is 0.0511. The van der Waals surface area contributed by atoms with Crippen molar-refractivity contribution in [1.82, 2.24) is 10.2 Å². The van der Waals surface area contributed by atoms with Crippen LogP contribution in [0.4, 0.5) is 0 Å². The van der Waals surface area contributed by atoms with Gasteiger partial charge in [0.2, 0.25) is 5.91 Å². The van der Waals surface area contributed by atoms with Crippen molar-refractivity contribution in [1.29, 1.82) is 0 Å². The zero-order valence-electron chi connectivity index (χ0n) is 15.0. The van der Waals surface area contributed by atoms with Crippen LogP contribution in [0.1, 0.15) is 30.5 Å². The van der Waals surface area contributed by atoms with Gasteiger partial charge < -0.3 is 15.0 Å². The van der Waals surface area contributed by atoms with E-state index >= 15 is 0 Å². The van der Waals surface area contributed by atoms with Gasteiger partial charge in [-0.3, -0.25) is 4.79 Å². The molecule has 0 radical (unpaired) electrons. The van der Waals surface area contributed by atoms with Gasteiger partial charge in [0.25, 0.3) is 0 Å². The summed E-state index contributed by atoms with van der Waals surface area (Å²) in [6, 6.07) is 15.6. The first kappa shape index (κ1) is 19.3. The van der Waals surface area contributed by atoms with Gasteiger partial charge in [0.1, 0.15) is 5.75 Å². The van der Waals surface area contributed by atoms with Crippen LogP contribution in [0, 0.1) is 0 Å². The fourth-order valence-electron chi connectivity index (χ4n) is 2.67. The zero-order valence-corrected chi connectivity index (χ0v) is 15.7. The number of nitrogens with zero attached hydrogens (tertiary/aromatic N) is 1. The Kier molecular flexibility index (Phi) is 7.29. The number of rotatable bonds is 8. The maximum Gasteiger partial charge on any atom is 0.236 e. The zero-order chi connectivity index (χ0) is 18.2. The summed E-state index contributed by atoms with van der Waals surface area (Å²) in [4.78, 5) is 14.1. The number of carbonyl (C=O) groups is 1. The van der Waals surface area contributed by atoms with Crippen LogP contribution in [0.3, 0.4) is 0 Å². The van der Waals surface area contributed by atoms with E-state index in [4.69, 9.17) is 16.3 Å². The van der Waals surface area contributed by atoms with Crippen LogP contribution >= 0.6 is 11.6 Å². The number of methoxy groups -OCH3 is 1. The lowest BCUT2D eigenvalue weighted by Gasteiger charge is -2.21. The molecule has 0 aliphatic rings. The van der Waals surface area contributed by atoms with E-state index in [-0.39, 0.29) is 11.9 Å². The van der Waals surface area contributed by atoms with Crippen LogP contribution < -0.4 is 10.1 Å². The Morgan fingerprint density at radius 1 is 1.24 bits per heavy atom. The highest BCUT2D eigenvalue weighted by atomic mass is 35.5. The summed E-state index contributed by atoms with van der Waals surface area (Å²) in [5.41, 5.74) is 2.18. The van der Waals surface area contributed by atoms with Crippen molar-refractivity contribution >= 4 is 17.5 Å². The van der Waals surface area contributed by atoms with E-state index in [0.717, 1.165) is 23.3 Å². The monoisotopic (exact) mass is 360 g/mol. The van der Waals surface area contributed by atoms with Crippen molar-refractivity contribution in [2.24, 2.45) is 0 Å². The molecule has 4 nitrogen and oxygen atoms in total. The number of carbonyl (C=O) groups excluding carboxylic acids is 1. The molecule has 2 rings (SSSR count). The van der Waals surface area contributed by atoms with Crippen LogP contribution in [-0.2, 0) is 11.3 Å². The number of benzene rings is 2. The second-order valence-corrected chi connectivity index (χ2v) is 6.43. The SMILES string of the molecule is CCC(NCC(=O)N(C)Cc1cccc(OC)c1)c1ccc(Cl)cc1. The van der Waals surface area contributed by atoms with Crippen molar-refractivity contribution in [2.75, 3.05) is 20.7 Å². The molecule has 0 aliphatic carbocycles. The van der Waals surface area contributed by atoms with E-state index < -0.39 is 0 Å². The quantitative estimate of drug-likeness (QED) is 0.772. The van der Waals surface area contributed by atoms with Gasteiger partial charge in [-0.25, -0.2) is 0 Å². The lowest BCUT2D eigenvalue weighted by molar-refractivity contribution is -0.129. The highest BCUT2D eigenvalue weighted by Crippen LogP contribution is 2.19. The Balaban J connectivity index is 1.90. The first-order chi connectivity index (χ1) is 12.0. The minimum Gasteiger partial charge on any atom is -0.497 e. The number of likely N-dealkylation sites (N-methyl/N-ethyl adjacent to an activating group) is 1. The summed E-state index contributed by atoms with van der Waals surface area (Å²) in [6.07, 6.45) is 0.897. The summed E-state index contributed by atoms with van der Waals surface area (Å²) < 4.78 is 5.22. The number of amides is 1. The topological polar surface area (TPSA) is 41.6 Å². The Labute approximate surface area is 154 Å². The van der Waals surface area contributed by atoms with Gasteiger partial charge in [-0.2, -0.15) is 0 Å². The molecule has 0 bridgehead atoms. The van der Waals surface area contributed by atoms with Crippen molar-refractivity contribution in [3.63, 3.8) is 0 Å². The fourth-order valence-corrected chi connectivity index (χ4v) is 2.80. The van der Waals surface area contributed by atoms with Crippen LogP contribution in [0.5, 0.6) is 5.75 Å². The molecule has 5 heteroatoms. The standard InChI is InChI=1S/C20H25ClN2O2/c1-4-19(16-8-10-17(21)11-9-16)22-13-20(24)23(2)14-15-6-5-7-18(12-15)25-3/h5-12,19,22H,4,13-14H2,1-3H3. The second kappa shape index (κ2) is 9.44. The third-order valence-corrected chi connectivity index (χ3v) is 4.41. The summed E-state index contributed by atoms with van der Waals surface area (Å²) in [5, 5.41) is 4.05. The predicted octanol–water partition coefficient (Wildman–Crippen LogP) is 4.05. The van der Waals surface area contributed by atoms with Gasteiger partial charge in [-0.05, 0) is 41.8 Å². The van der Waals surface area contributed by atoms with Gasteiger partial charge in [-0.15, -0.1) is 0 Å². The summed E-state index contributed by atoms with van der Waals surface area (Å²) in [6.45, 7) is 2.94. The smallest absolute Gasteiger partial charge is 0.236 e. The lowest BCUT2D eigenvalue weighted by atomic mass is 10.0. The Morgan fingerprint density at radius 3 is 2.60 bits per heavy atom. The van der Waals surface area contributed by atoms with Gasteiger partial charge >= 0.3 is 0 Å². The molecule has 1 N–H and O–H groups in total. The number of hydrogen-bond donors (Lipinski definition) is 1. The maximum absolute atomic E-state index is 12.4. The van der Waals surface area contributed by atoms with E-state index in [1.54, 1.807) is 12.0 Å². The van der Waals surface area contributed by atoms with Crippen molar-refractivity contribution in [3.05, 3.63) is 64.7 Å². The number of nitrogens with one attached hydrogen (secondary N) is 1. The van der Waals surface area contributed by atoms with E-state index in [0.29, 0.717) is 18.1 Å². The molecular weight excluding hydrogens is 336 g/mol. The average molecular weight is 361 g/mol. The first-order valence-electron chi connectivity index (χ1n) is 8.39. The third-order valence-electron chi connectivity index (χ3n) is 4.16. The highest BCUT2D eigenvalue weighted by Gasteiger charge is 2.14. The van der Waals surface area contributed by atoms with E-state index in [1.165, 1.54) is 0 Å². The number of halogens is 1. The Hall–Kier alpha value is -2.04. The minimum absolute atomic E-state index is 0.0511. The lowest BCUT2D eigenvalue weighted by Crippen LogP contribution is -2.36. The predicted molar refractivity (Wildman–Crippen MR) is 102 cm³/mol. The molecule has 2 aromatic rings. The molecule has 0 fully saturated rings. The second-order valence-electron chi connectivity index (χ2n) is 5.99. The molecule has 0 aromatic heterocycles. The fraction of sp³-hybridized carbons (Fsp3) is 0.350. The van der Waals surface area contributed by atoms with E-state index in [9.17, 15) is 4.79 Å². The average Bonchev–Trinajstić information content (AvgIpc) is 2.63. The number of ether oxygens (including phenoxy) is 1. The normalized spacial score (nSPS) is 11.8. The van der Waals surface area contributed by atoms with Crippen molar-refractivity contribution in [2.45, 2.75) is 25.9 Å². The molecule has 0 aliphatic heterocycles. The molecular formula is C20H25ClN2O2. The third kappa shape index (κ3) is 5.76. The van der Waals surface area contributed by atoms with Gasteiger partial charge in [0, 0.05) is 24.7 Å². The van der Waals surface area contributed by atoms with Gasteiger partial charge in [0.15, 0.2) is 0 Å². The molecule has 25 heavy (non-hydrogen) atoms. The maximum atomic E-state index is 12.4. The summed E-state index contributed by atoms with van der Waals surface area (Å²) in [5.74, 6) is 0.848. The molecule has 1 unspecified atom stereocenters. The first-order valence-corrected chi connectivity index (χ1v) is 8.77. The molecule has 0 saturated carbocycles. The summed E-state index contributed by atoms with van der Waals surface area (Å²) in [7, 11) is 3.45. The highest BCUT2D eigenvalue weighted by molar-refractivity contribution is 6.30. The van der Waals surface area contributed by atoms with E-state index in [1.807, 2.05) is 55.6 Å². The molecule has 2 aromatic carbocycles. The Bertz CT molecular complexity index is 688. The van der Waals surface area contributed by atoms with E-state index in [2.05, 4.69) is 12.2 Å². The number of hydrogen-bond acceptors (Lipinski definition) is 3. The van der Waals surface area contributed by atoms with Crippen molar-refractivity contribution in [3.8, 4) is 5.75 Å². The molecule has 0 saturated heterocycles. The Morgan fingerprint density at radius 2 is 1.96 bits per heavy atom. The molecule has 134 valence electrons. The van der Waals surface area contributed by atoms with Crippen LogP contribution in [-0.4, -0.2) is 31.5 Å². The summed E-state index contributed by atoms with van der Waals surface area (Å²) >= 11 is 5.94. The largest absolute Gasteiger partial charge is 0.497 e. The van der Waals surface area contributed by atoms with Gasteiger partial charge in [0.05, 0.1) is 13.7 Å². The molecule has 0 heterocycles. The van der Waals surface area contributed by atoms with Crippen LogP contribution in [0.2, 0.25) is 5.02 Å². The van der Waals surface area contributed by atoms with Crippen LogP contribution in [0.15, 0.2) is 48.5 Å². The molecule has 1 amide bonds. The van der Waals surface area contributed by atoms with Crippen molar-refractivity contribution < 1.29 is 9.53 Å². The molecule has 1 atom stereocenters. The van der Waals surface area contributed by atoms with Crippen LogP contribution in [0.25, 0.3) is 0 Å². The molecule has 0 spiro atoms. The van der Waals surface area contributed by atoms with Gasteiger partial charge in [-0.1, -0.05) is 42.8 Å².